The van der Waals surface area contributed by atoms with Crippen LogP contribution in [-0.4, -0.2) is 67.7 Å². The molecule has 0 aliphatic carbocycles. The number of nitrogens with one attached hydrogen (secondary N) is 1. The molecular weight excluding hydrogens is 414 g/mol. The summed E-state index contributed by atoms with van der Waals surface area (Å²) < 4.78 is 4.63. The highest BCUT2D eigenvalue weighted by Crippen LogP contribution is 2.40. The number of primary amides is 1. The highest BCUT2D eigenvalue weighted by molar-refractivity contribution is 8.00. The lowest BCUT2D eigenvalue weighted by Crippen LogP contribution is -2.71. The molecule has 7 N–H and O–H groups in total. The third-order valence-electron chi connectivity index (χ3n) is 4.00. The minimum atomic E-state index is -1.61. The molecule has 3 rings (SSSR count). The van der Waals surface area contributed by atoms with Crippen LogP contribution in [-0.2, 0) is 19.1 Å². The Hall–Kier alpha value is -2.84. The summed E-state index contributed by atoms with van der Waals surface area (Å²) in [5, 5.41) is 22.8. The number of anilines is 1. The number of carbonyl (C=O) groups is 4. The summed E-state index contributed by atoms with van der Waals surface area (Å²) in [4.78, 5) is 51.8. The number of amides is 3. The first-order chi connectivity index (χ1) is 13.2. The van der Waals surface area contributed by atoms with Gasteiger partial charge in [-0.25, -0.2) is 14.6 Å². The van der Waals surface area contributed by atoms with E-state index < -0.39 is 41.4 Å². The van der Waals surface area contributed by atoms with Crippen molar-refractivity contribution < 1.29 is 34.1 Å². The van der Waals surface area contributed by atoms with Crippen molar-refractivity contribution in [3.63, 3.8) is 0 Å². The number of nitrogens with zero attached hydrogens (tertiary/aromatic N) is 2. The van der Waals surface area contributed by atoms with Crippen LogP contribution in [0.3, 0.4) is 0 Å². The minimum Gasteiger partial charge on any atom is -0.477 e. The molecule has 0 saturated carbocycles. The van der Waals surface area contributed by atoms with E-state index >= 15 is 0 Å². The number of fused-ring (bicyclic) bond motifs is 1. The molecule has 1 saturated heterocycles. The van der Waals surface area contributed by atoms with Crippen LogP contribution in [0.1, 0.15) is 11.8 Å². The molecule has 3 atom stereocenters. The van der Waals surface area contributed by atoms with Crippen LogP contribution in [0.15, 0.2) is 16.7 Å². The summed E-state index contributed by atoms with van der Waals surface area (Å²) in [5.74, 6) is -2.73. The Labute approximate surface area is 165 Å². The molecule has 150 valence electrons. The van der Waals surface area contributed by atoms with E-state index in [0.29, 0.717) is 0 Å². The maximum atomic E-state index is 12.4. The fraction of sp³-hybridized carbons (Fsp3) is 0.357. The van der Waals surface area contributed by atoms with Crippen LogP contribution < -0.4 is 16.8 Å². The number of aliphatic hydroxyl groups is 1. The second-order valence-electron chi connectivity index (χ2n) is 5.77. The molecule has 1 aromatic rings. The predicted molar refractivity (Wildman–Crippen MR) is 96.7 cm³/mol. The summed E-state index contributed by atoms with van der Waals surface area (Å²) in [6.45, 7) is -0.360. The van der Waals surface area contributed by atoms with Crippen LogP contribution in [0.4, 0.5) is 9.93 Å². The number of ether oxygens (including phenoxy) is 1. The van der Waals surface area contributed by atoms with Crippen LogP contribution in [0.25, 0.3) is 0 Å². The van der Waals surface area contributed by atoms with Crippen molar-refractivity contribution in [1.29, 1.82) is 0 Å². The van der Waals surface area contributed by atoms with Crippen LogP contribution >= 0.6 is 23.1 Å². The van der Waals surface area contributed by atoms with E-state index in [1.807, 2.05) is 0 Å². The minimum absolute atomic E-state index is 0.0527. The molecule has 0 spiro atoms. The molecule has 1 aromatic heterocycles. The Morgan fingerprint density at radius 3 is 2.75 bits per heavy atom. The first kappa shape index (κ1) is 19.9. The Balaban J connectivity index is 1.72. The van der Waals surface area contributed by atoms with E-state index in [4.69, 9.17) is 11.5 Å². The molecule has 0 aromatic carbocycles. The van der Waals surface area contributed by atoms with E-state index in [9.17, 15) is 29.4 Å². The van der Waals surface area contributed by atoms with Gasteiger partial charge in [0, 0.05) is 16.7 Å². The highest BCUT2D eigenvalue weighted by atomic mass is 32.2. The lowest BCUT2D eigenvalue weighted by molar-refractivity contribution is -0.151. The number of aromatic nitrogens is 1. The highest BCUT2D eigenvalue weighted by Gasteiger charge is 2.54. The average molecular weight is 429 g/mol. The summed E-state index contributed by atoms with van der Waals surface area (Å²) in [6.07, 6.45) is -2.68. The summed E-state index contributed by atoms with van der Waals surface area (Å²) in [6, 6.07) is -1.02. The number of carbonyl (C=O) groups excluding carboxylic acids is 3. The number of hydrogen-bond acceptors (Lipinski definition) is 10. The molecule has 0 radical (unpaired) electrons. The van der Waals surface area contributed by atoms with Crippen LogP contribution in [0.2, 0.25) is 0 Å². The van der Waals surface area contributed by atoms with Gasteiger partial charge in [0.2, 0.25) is 0 Å². The second-order valence-corrected chi connectivity index (χ2v) is 7.77. The van der Waals surface area contributed by atoms with Gasteiger partial charge in [-0.05, 0) is 0 Å². The quantitative estimate of drug-likeness (QED) is 0.335. The first-order valence-corrected chi connectivity index (χ1v) is 9.65. The lowest BCUT2D eigenvalue weighted by Gasteiger charge is -2.49. The van der Waals surface area contributed by atoms with Crippen molar-refractivity contribution in [3.05, 3.63) is 22.3 Å². The molecule has 12 nitrogen and oxygen atoms in total. The van der Waals surface area contributed by atoms with Crippen molar-refractivity contribution in [2.24, 2.45) is 5.73 Å². The van der Waals surface area contributed by atoms with Crippen molar-refractivity contribution in [1.82, 2.24) is 15.2 Å². The number of aliphatic hydroxyl groups excluding tert-OH is 1. The predicted octanol–water partition coefficient (Wildman–Crippen LogP) is -1.41. The Morgan fingerprint density at radius 1 is 1.46 bits per heavy atom. The fourth-order valence-corrected chi connectivity index (χ4v) is 4.65. The third-order valence-corrected chi connectivity index (χ3v) is 6.04. The summed E-state index contributed by atoms with van der Waals surface area (Å²) in [5.41, 5.74) is 10.3. The number of carboxylic acids is 1. The standard InChI is InChI=1S/C14H15N5O7S2/c15-13-17-5(3-28-13)8(20)9(21)18-6-10(22)19-7(12(23)24)4(1-26-14(16)25)2-27-11(6)19/h3,6,8,11,20H,1-2H2,(H2,15,17)(H2,16,25)(H,18,21)(H,23,24)/t6?,8?,11-/m0/s1. The fourth-order valence-electron chi connectivity index (χ4n) is 2.75. The van der Waals surface area contributed by atoms with Gasteiger partial charge in [-0.1, -0.05) is 0 Å². The van der Waals surface area contributed by atoms with Gasteiger partial charge in [-0.2, -0.15) is 0 Å². The summed E-state index contributed by atoms with van der Waals surface area (Å²) >= 11 is 2.23. The van der Waals surface area contributed by atoms with Gasteiger partial charge < -0.3 is 31.7 Å². The third kappa shape index (κ3) is 3.61. The molecule has 3 heterocycles. The number of aliphatic carboxylic acids is 1. The molecular formula is C14H15N5O7S2. The second kappa shape index (κ2) is 7.65. The van der Waals surface area contributed by atoms with Crippen molar-refractivity contribution in [3.8, 4) is 0 Å². The van der Waals surface area contributed by atoms with Crippen molar-refractivity contribution in [2.75, 3.05) is 18.1 Å². The van der Waals surface area contributed by atoms with Crippen molar-refractivity contribution in [2.45, 2.75) is 17.5 Å². The number of β-lactam (4-membered cyclic amide) rings is 1. The smallest absolute Gasteiger partial charge is 0.404 e. The SMILES string of the molecule is NC(=O)OCC1=C(C(=O)O)N2C(=O)C(NC(=O)C(O)c3csc(N)n3)[C@@H]2SC1. The zero-order valence-electron chi connectivity index (χ0n) is 14.0. The van der Waals surface area contributed by atoms with E-state index in [0.717, 1.165) is 16.2 Å². The van der Waals surface area contributed by atoms with Crippen LogP contribution in [0, 0.1) is 0 Å². The van der Waals surface area contributed by atoms with E-state index in [1.54, 1.807) is 0 Å². The molecule has 28 heavy (non-hydrogen) atoms. The topological polar surface area (TPSA) is 198 Å². The van der Waals surface area contributed by atoms with Crippen molar-refractivity contribution >= 4 is 52.1 Å². The Bertz CT molecular complexity index is 885. The maximum Gasteiger partial charge on any atom is 0.404 e. The van der Waals surface area contributed by atoms with Gasteiger partial charge in [0.25, 0.3) is 11.8 Å². The van der Waals surface area contributed by atoms with Gasteiger partial charge in [0.15, 0.2) is 11.2 Å². The molecule has 2 aliphatic rings. The molecule has 2 aliphatic heterocycles. The average Bonchev–Trinajstić information content (AvgIpc) is 3.08. The normalized spacial score (nSPS) is 22.2. The van der Waals surface area contributed by atoms with Gasteiger partial charge in [-0.15, -0.1) is 23.1 Å². The van der Waals surface area contributed by atoms with Gasteiger partial charge in [-0.3, -0.25) is 14.5 Å². The van der Waals surface area contributed by atoms with Gasteiger partial charge >= 0.3 is 12.1 Å². The molecule has 14 heteroatoms. The van der Waals surface area contributed by atoms with E-state index in [-0.39, 0.29) is 34.5 Å². The Kier molecular flexibility index (Phi) is 5.44. The molecule has 2 unspecified atom stereocenters. The van der Waals surface area contributed by atoms with Gasteiger partial charge in [0.1, 0.15) is 23.7 Å². The van der Waals surface area contributed by atoms with Gasteiger partial charge in [0.05, 0.1) is 5.69 Å². The molecule has 1 fully saturated rings. The maximum absolute atomic E-state index is 12.4. The Morgan fingerprint density at radius 2 is 2.18 bits per heavy atom. The van der Waals surface area contributed by atoms with E-state index in [1.165, 1.54) is 17.1 Å². The number of rotatable bonds is 6. The monoisotopic (exact) mass is 429 g/mol. The summed E-state index contributed by atoms with van der Waals surface area (Å²) in [7, 11) is 0. The number of carboxylic acid groups (broad SMARTS) is 1. The number of thioether (sulfide) groups is 1. The molecule has 0 bridgehead atoms. The number of hydrogen-bond donors (Lipinski definition) is 5. The van der Waals surface area contributed by atoms with Crippen LogP contribution in [0.5, 0.6) is 0 Å². The zero-order chi connectivity index (χ0) is 20.6. The zero-order valence-corrected chi connectivity index (χ0v) is 15.7. The molecule has 3 amide bonds. The first-order valence-electron chi connectivity index (χ1n) is 7.72. The largest absolute Gasteiger partial charge is 0.477 e. The lowest BCUT2D eigenvalue weighted by atomic mass is 10.0. The number of nitrogens with two attached hydrogens (primary N) is 2. The van der Waals surface area contributed by atoms with E-state index in [2.05, 4.69) is 15.0 Å². The number of thiazole rings is 1. The number of nitrogen functional groups attached to an aromatic ring is 1.